The fraction of sp³-hybridized carbons (Fsp3) is 0.455. The van der Waals surface area contributed by atoms with Crippen molar-refractivity contribution in [2.24, 2.45) is 0 Å². The first-order chi connectivity index (χ1) is 7.22. The Hall–Kier alpha value is -1.03. The predicted molar refractivity (Wildman–Crippen MR) is 64.7 cm³/mol. The molecule has 15 heavy (non-hydrogen) atoms. The predicted octanol–water partition coefficient (Wildman–Crippen LogP) is 2.59. The van der Waals surface area contributed by atoms with Gasteiger partial charge in [-0.05, 0) is 13.3 Å². The van der Waals surface area contributed by atoms with Gasteiger partial charge in [0.1, 0.15) is 0 Å². The largest absolute Gasteiger partial charge is 0.288 e. The highest BCUT2D eigenvalue weighted by atomic mass is 32.2. The number of aromatic nitrogens is 2. The zero-order chi connectivity index (χ0) is 11.1. The molecule has 0 bridgehead atoms. The van der Waals surface area contributed by atoms with Gasteiger partial charge < -0.3 is 0 Å². The quantitative estimate of drug-likeness (QED) is 0.721. The van der Waals surface area contributed by atoms with Crippen LogP contribution < -0.4 is 0 Å². The van der Waals surface area contributed by atoms with Gasteiger partial charge in [0.25, 0.3) is 0 Å². The SMILES string of the molecule is CCn1cc(C=CCCSC(C)=O)cn1. The highest BCUT2D eigenvalue weighted by Crippen LogP contribution is 2.06. The first kappa shape index (κ1) is 12.0. The van der Waals surface area contributed by atoms with E-state index in [1.54, 1.807) is 6.92 Å². The molecule has 1 aromatic rings. The molecule has 0 amide bonds. The summed E-state index contributed by atoms with van der Waals surface area (Å²) in [6.07, 6.45) is 8.89. The normalized spacial score (nSPS) is 11.1. The molecule has 3 nitrogen and oxygen atoms in total. The molecule has 82 valence electrons. The maximum Gasteiger partial charge on any atom is 0.185 e. The molecule has 0 aromatic carbocycles. The summed E-state index contributed by atoms with van der Waals surface area (Å²) in [5.41, 5.74) is 1.12. The minimum absolute atomic E-state index is 0.183. The molecule has 0 N–H and O–H groups in total. The van der Waals surface area contributed by atoms with E-state index in [2.05, 4.69) is 18.1 Å². The lowest BCUT2D eigenvalue weighted by molar-refractivity contribution is -0.109. The van der Waals surface area contributed by atoms with Crippen molar-refractivity contribution < 1.29 is 4.79 Å². The summed E-state index contributed by atoms with van der Waals surface area (Å²) in [6, 6.07) is 0. The number of allylic oxidation sites excluding steroid dienone is 1. The summed E-state index contributed by atoms with van der Waals surface area (Å²) in [7, 11) is 0. The number of carbonyl (C=O) groups excluding carboxylic acids is 1. The van der Waals surface area contributed by atoms with Gasteiger partial charge in [-0.1, -0.05) is 23.9 Å². The van der Waals surface area contributed by atoms with E-state index in [4.69, 9.17) is 0 Å². The van der Waals surface area contributed by atoms with E-state index in [1.807, 2.05) is 23.2 Å². The van der Waals surface area contributed by atoms with Gasteiger partial charge in [-0.25, -0.2) is 0 Å². The molecule has 0 saturated carbocycles. The third-order valence-electron chi connectivity index (χ3n) is 1.88. The van der Waals surface area contributed by atoms with Crippen LogP contribution in [-0.4, -0.2) is 20.6 Å². The fourth-order valence-corrected chi connectivity index (χ4v) is 1.67. The summed E-state index contributed by atoms with van der Waals surface area (Å²) in [6.45, 7) is 4.55. The van der Waals surface area contributed by atoms with Crippen LogP contribution in [0, 0.1) is 0 Å². The van der Waals surface area contributed by atoms with Gasteiger partial charge in [0.15, 0.2) is 5.12 Å². The van der Waals surface area contributed by atoms with E-state index in [9.17, 15) is 4.79 Å². The van der Waals surface area contributed by atoms with Crippen LogP contribution in [0.15, 0.2) is 18.5 Å². The van der Waals surface area contributed by atoms with Crippen molar-refractivity contribution in [3.8, 4) is 0 Å². The van der Waals surface area contributed by atoms with Crippen molar-refractivity contribution in [1.29, 1.82) is 0 Å². The molecule has 0 radical (unpaired) electrons. The van der Waals surface area contributed by atoms with Crippen LogP contribution in [0.2, 0.25) is 0 Å². The number of nitrogens with zero attached hydrogens (tertiary/aromatic N) is 2. The number of hydrogen-bond acceptors (Lipinski definition) is 3. The van der Waals surface area contributed by atoms with Crippen molar-refractivity contribution in [2.45, 2.75) is 26.8 Å². The van der Waals surface area contributed by atoms with Gasteiger partial charge >= 0.3 is 0 Å². The molecule has 0 spiro atoms. The van der Waals surface area contributed by atoms with Crippen LogP contribution in [0.1, 0.15) is 25.8 Å². The van der Waals surface area contributed by atoms with Crippen molar-refractivity contribution in [3.63, 3.8) is 0 Å². The van der Waals surface area contributed by atoms with Gasteiger partial charge in [0, 0.05) is 31.0 Å². The minimum Gasteiger partial charge on any atom is -0.288 e. The maximum absolute atomic E-state index is 10.6. The Balaban J connectivity index is 2.28. The highest BCUT2D eigenvalue weighted by molar-refractivity contribution is 8.13. The molecule has 1 rings (SSSR count). The average Bonchev–Trinajstić information content (AvgIpc) is 2.65. The van der Waals surface area contributed by atoms with E-state index in [-0.39, 0.29) is 5.12 Å². The van der Waals surface area contributed by atoms with E-state index in [1.165, 1.54) is 11.8 Å². The second-order valence-corrected chi connectivity index (χ2v) is 4.43. The average molecular weight is 224 g/mol. The number of rotatable bonds is 5. The van der Waals surface area contributed by atoms with Crippen molar-refractivity contribution >= 4 is 23.0 Å². The summed E-state index contributed by atoms with van der Waals surface area (Å²) in [5.74, 6) is 0.855. The highest BCUT2D eigenvalue weighted by Gasteiger charge is 1.93. The topological polar surface area (TPSA) is 34.9 Å². The molecule has 1 aromatic heterocycles. The van der Waals surface area contributed by atoms with Crippen LogP contribution in [0.4, 0.5) is 0 Å². The van der Waals surface area contributed by atoms with Crippen LogP contribution >= 0.6 is 11.8 Å². The van der Waals surface area contributed by atoms with E-state index in [0.717, 1.165) is 24.3 Å². The minimum atomic E-state index is 0.183. The van der Waals surface area contributed by atoms with Crippen LogP contribution in [0.5, 0.6) is 0 Å². The Morgan fingerprint density at radius 1 is 1.67 bits per heavy atom. The lowest BCUT2D eigenvalue weighted by atomic mass is 10.3. The second kappa shape index (κ2) is 6.45. The van der Waals surface area contributed by atoms with Crippen molar-refractivity contribution in [3.05, 3.63) is 24.0 Å². The zero-order valence-electron chi connectivity index (χ0n) is 9.14. The standard InChI is InChI=1S/C11H16N2OS/c1-3-13-9-11(8-12-13)6-4-5-7-15-10(2)14/h4,6,8-9H,3,5,7H2,1-2H3. The van der Waals surface area contributed by atoms with Gasteiger partial charge in [0.2, 0.25) is 0 Å². The molecule has 0 aliphatic carbocycles. The third-order valence-corrected chi connectivity index (χ3v) is 2.72. The lowest BCUT2D eigenvalue weighted by Crippen LogP contribution is -1.91. The van der Waals surface area contributed by atoms with Crippen LogP contribution in [-0.2, 0) is 11.3 Å². The Morgan fingerprint density at radius 2 is 2.47 bits per heavy atom. The van der Waals surface area contributed by atoms with Crippen molar-refractivity contribution in [2.75, 3.05) is 5.75 Å². The van der Waals surface area contributed by atoms with Crippen molar-refractivity contribution in [1.82, 2.24) is 9.78 Å². The molecule has 0 fully saturated rings. The monoisotopic (exact) mass is 224 g/mol. The van der Waals surface area contributed by atoms with E-state index >= 15 is 0 Å². The third kappa shape index (κ3) is 4.83. The lowest BCUT2D eigenvalue weighted by Gasteiger charge is -1.91. The molecular formula is C11H16N2OS. The van der Waals surface area contributed by atoms with Gasteiger partial charge in [0.05, 0.1) is 6.20 Å². The maximum atomic E-state index is 10.6. The van der Waals surface area contributed by atoms with Gasteiger partial charge in [-0.3, -0.25) is 9.48 Å². The summed E-state index contributed by atoms with van der Waals surface area (Å²) in [5, 5.41) is 4.35. The Morgan fingerprint density at radius 3 is 3.07 bits per heavy atom. The second-order valence-electron chi connectivity index (χ2n) is 3.16. The smallest absolute Gasteiger partial charge is 0.185 e. The van der Waals surface area contributed by atoms with Gasteiger partial charge in [-0.2, -0.15) is 5.10 Å². The first-order valence-corrected chi connectivity index (χ1v) is 6.03. The Bertz CT molecular complexity index is 344. The van der Waals surface area contributed by atoms with Crippen LogP contribution in [0.25, 0.3) is 6.08 Å². The molecule has 4 heteroatoms. The van der Waals surface area contributed by atoms with E-state index in [0.29, 0.717) is 0 Å². The molecular weight excluding hydrogens is 208 g/mol. The zero-order valence-corrected chi connectivity index (χ0v) is 9.96. The Kier molecular flexibility index (Phi) is 5.18. The summed E-state index contributed by atoms with van der Waals surface area (Å²) < 4.78 is 1.89. The molecule has 0 atom stereocenters. The molecule has 0 unspecified atom stereocenters. The molecule has 0 saturated heterocycles. The van der Waals surface area contributed by atoms with E-state index < -0.39 is 0 Å². The first-order valence-electron chi connectivity index (χ1n) is 5.04. The van der Waals surface area contributed by atoms with Crippen LogP contribution in [0.3, 0.4) is 0 Å². The molecule has 0 aliphatic heterocycles. The summed E-state index contributed by atoms with van der Waals surface area (Å²) in [4.78, 5) is 10.6. The number of hydrogen-bond donors (Lipinski definition) is 0. The Labute approximate surface area is 94.6 Å². The summed E-state index contributed by atoms with van der Waals surface area (Å²) >= 11 is 1.37. The number of aryl methyl sites for hydroxylation is 1. The number of thioether (sulfide) groups is 1. The van der Waals surface area contributed by atoms with Gasteiger partial charge in [-0.15, -0.1) is 0 Å². The molecule has 1 heterocycles. The fourth-order valence-electron chi connectivity index (χ4n) is 1.13. The molecule has 0 aliphatic rings. The number of carbonyl (C=O) groups is 1.